The average Bonchev–Trinajstić information content (AvgIpc) is 3.44. The highest BCUT2D eigenvalue weighted by atomic mass is 35.5. The molecule has 10 heteroatoms. The van der Waals surface area contributed by atoms with Crippen LogP contribution in [0.2, 0.25) is 5.02 Å². The normalized spacial score (nSPS) is 27.6. The Hall–Kier alpha value is -2.07. The van der Waals surface area contributed by atoms with Crippen molar-refractivity contribution in [3.05, 3.63) is 40.2 Å². The molecule has 0 aliphatic carbocycles. The minimum Gasteiger partial charge on any atom is -0.495 e. The van der Waals surface area contributed by atoms with E-state index in [4.69, 9.17) is 26.8 Å². The molecule has 1 spiro atoms. The Morgan fingerprint density at radius 1 is 1.35 bits per heavy atom. The molecule has 0 unspecified atom stereocenters. The Balaban J connectivity index is 1.60. The van der Waals surface area contributed by atoms with Gasteiger partial charge in [0.15, 0.2) is 14.6 Å². The molecular formula is C21H22ClN3O4S2. The molecule has 2 aliphatic rings. The van der Waals surface area contributed by atoms with Crippen molar-refractivity contribution in [3.63, 3.8) is 0 Å². The predicted octanol–water partition coefficient (Wildman–Crippen LogP) is 3.72. The van der Waals surface area contributed by atoms with Gasteiger partial charge in [-0.05, 0) is 31.5 Å². The maximum absolute atomic E-state index is 13.3. The fourth-order valence-electron chi connectivity index (χ4n) is 4.48. The summed E-state index contributed by atoms with van der Waals surface area (Å²) in [5.41, 5.74) is 6.96. The number of methoxy groups -OCH3 is 1. The van der Waals surface area contributed by atoms with E-state index in [0.717, 1.165) is 27.2 Å². The lowest BCUT2D eigenvalue weighted by Crippen LogP contribution is -2.58. The van der Waals surface area contributed by atoms with Crippen molar-refractivity contribution >= 4 is 49.5 Å². The van der Waals surface area contributed by atoms with Crippen LogP contribution in [-0.4, -0.2) is 50.1 Å². The van der Waals surface area contributed by atoms with E-state index in [1.54, 1.807) is 14.0 Å². The van der Waals surface area contributed by atoms with Gasteiger partial charge in [-0.15, -0.1) is 11.3 Å². The molecule has 2 aromatic heterocycles. The standard InChI is InChI=1S/C21H22ClN3O4S2/c1-20(11-31(26,27)21(19(23)25-20)6-7-29-10-21)18-13(22)9-16(30-18)14-8-12-4-3-5-15(28-2)17(12)24-14/h3-5,8-9,24H,6-7,10-11H2,1-2H3,(H2,23,25)/t20-,21-/m0/s1. The second-order valence-electron chi connectivity index (χ2n) is 8.22. The van der Waals surface area contributed by atoms with Crippen LogP contribution in [-0.2, 0) is 20.1 Å². The van der Waals surface area contributed by atoms with Gasteiger partial charge in [0.05, 0.1) is 45.5 Å². The Kier molecular flexibility index (Phi) is 4.68. The van der Waals surface area contributed by atoms with Crippen LogP contribution in [0.4, 0.5) is 0 Å². The van der Waals surface area contributed by atoms with Gasteiger partial charge in [-0.1, -0.05) is 23.7 Å². The zero-order chi connectivity index (χ0) is 22.0. The van der Waals surface area contributed by atoms with Crippen molar-refractivity contribution in [1.29, 1.82) is 0 Å². The van der Waals surface area contributed by atoms with Crippen LogP contribution in [0.15, 0.2) is 35.3 Å². The molecule has 3 aromatic rings. The molecule has 1 saturated heterocycles. The molecule has 5 rings (SSSR count). The number of para-hydroxylation sites is 1. The highest BCUT2D eigenvalue weighted by Gasteiger charge is 2.57. The van der Waals surface area contributed by atoms with Crippen molar-refractivity contribution in [2.45, 2.75) is 23.6 Å². The first-order valence-electron chi connectivity index (χ1n) is 9.81. The number of halogens is 1. The molecule has 31 heavy (non-hydrogen) atoms. The van der Waals surface area contributed by atoms with Crippen molar-refractivity contribution in [2.24, 2.45) is 10.7 Å². The number of nitrogens with zero attached hydrogens (tertiary/aromatic N) is 1. The number of aromatic nitrogens is 1. The Morgan fingerprint density at radius 3 is 2.84 bits per heavy atom. The molecule has 0 saturated carbocycles. The molecule has 4 heterocycles. The number of aliphatic imine (C=N–C) groups is 1. The summed E-state index contributed by atoms with van der Waals surface area (Å²) in [4.78, 5) is 9.63. The molecule has 0 bridgehead atoms. The summed E-state index contributed by atoms with van der Waals surface area (Å²) in [5.74, 6) is 0.697. The maximum Gasteiger partial charge on any atom is 0.168 e. The first-order chi connectivity index (χ1) is 14.7. The number of sulfone groups is 1. The van der Waals surface area contributed by atoms with Crippen LogP contribution >= 0.6 is 22.9 Å². The fraction of sp³-hybridized carbons (Fsp3) is 0.381. The summed E-state index contributed by atoms with van der Waals surface area (Å²) in [6.07, 6.45) is 0.334. The van der Waals surface area contributed by atoms with Gasteiger partial charge in [-0.3, -0.25) is 4.99 Å². The van der Waals surface area contributed by atoms with Crippen LogP contribution in [0.25, 0.3) is 21.5 Å². The van der Waals surface area contributed by atoms with E-state index < -0.39 is 20.1 Å². The number of ether oxygens (including phenoxy) is 2. The number of nitrogens with two attached hydrogens (primary N) is 1. The monoisotopic (exact) mass is 479 g/mol. The van der Waals surface area contributed by atoms with Crippen molar-refractivity contribution in [3.8, 4) is 16.3 Å². The number of hydrogen-bond donors (Lipinski definition) is 2. The topological polar surface area (TPSA) is 107 Å². The molecule has 0 radical (unpaired) electrons. The van der Waals surface area contributed by atoms with Gasteiger partial charge in [0.2, 0.25) is 0 Å². The number of thiophene rings is 1. The van der Waals surface area contributed by atoms with Crippen LogP contribution in [0.5, 0.6) is 5.75 Å². The van der Waals surface area contributed by atoms with E-state index in [1.807, 2.05) is 30.3 Å². The molecule has 0 amide bonds. The summed E-state index contributed by atoms with van der Waals surface area (Å²) < 4.78 is 36.2. The summed E-state index contributed by atoms with van der Waals surface area (Å²) in [7, 11) is -1.96. The maximum atomic E-state index is 13.3. The average molecular weight is 480 g/mol. The van der Waals surface area contributed by atoms with Gasteiger partial charge in [0.25, 0.3) is 0 Å². The highest BCUT2D eigenvalue weighted by molar-refractivity contribution is 7.93. The highest BCUT2D eigenvalue weighted by Crippen LogP contribution is 2.47. The lowest BCUT2D eigenvalue weighted by molar-refractivity contribution is 0.194. The third kappa shape index (κ3) is 3.01. The zero-order valence-corrected chi connectivity index (χ0v) is 19.5. The molecule has 2 atom stereocenters. The summed E-state index contributed by atoms with van der Waals surface area (Å²) >= 11 is 8.03. The number of benzene rings is 1. The van der Waals surface area contributed by atoms with Gasteiger partial charge < -0.3 is 20.2 Å². The number of amidine groups is 1. The molecule has 7 nitrogen and oxygen atoms in total. The number of H-pyrrole nitrogens is 1. The number of rotatable bonds is 3. The van der Waals surface area contributed by atoms with Crippen LogP contribution in [0.3, 0.4) is 0 Å². The summed E-state index contributed by atoms with van der Waals surface area (Å²) in [6, 6.07) is 9.68. The van der Waals surface area contributed by atoms with Crippen LogP contribution in [0.1, 0.15) is 18.2 Å². The first kappa shape index (κ1) is 20.8. The van der Waals surface area contributed by atoms with E-state index in [-0.39, 0.29) is 18.2 Å². The van der Waals surface area contributed by atoms with E-state index in [0.29, 0.717) is 22.9 Å². The number of aromatic amines is 1. The van der Waals surface area contributed by atoms with Gasteiger partial charge in [-0.2, -0.15) is 0 Å². The lowest BCUT2D eigenvalue weighted by atomic mass is 10.0. The second-order valence-corrected chi connectivity index (χ2v) is 12.0. The van der Waals surface area contributed by atoms with Gasteiger partial charge in [0, 0.05) is 12.0 Å². The van der Waals surface area contributed by atoms with Gasteiger partial charge >= 0.3 is 0 Å². The Morgan fingerprint density at radius 2 is 2.16 bits per heavy atom. The molecule has 1 fully saturated rings. The van der Waals surface area contributed by atoms with E-state index in [9.17, 15) is 8.42 Å². The predicted molar refractivity (Wildman–Crippen MR) is 124 cm³/mol. The van der Waals surface area contributed by atoms with Crippen LogP contribution in [0, 0.1) is 0 Å². The van der Waals surface area contributed by atoms with E-state index >= 15 is 0 Å². The number of fused-ring (bicyclic) bond motifs is 1. The fourth-order valence-corrected chi connectivity index (χ4v) is 8.42. The minimum atomic E-state index is -3.59. The SMILES string of the molecule is COc1cccc2cc(-c3cc(Cl)c([C@]4(C)CS(=O)(=O)[C@]5(CCOC5)C(N)=N4)s3)[nH]c12. The first-order valence-corrected chi connectivity index (χ1v) is 12.7. The molecule has 2 aliphatic heterocycles. The van der Waals surface area contributed by atoms with Gasteiger partial charge in [-0.25, -0.2) is 8.42 Å². The molecular weight excluding hydrogens is 458 g/mol. The van der Waals surface area contributed by atoms with Crippen molar-refractivity contribution < 1.29 is 17.9 Å². The summed E-state index contributed by atoms with van der Waals surface area (Å²) in [5, 5.41) is 1.48. The van der Waals surface area contributed by atoms with Crippen molar-refractivity contribution in [2.75, 3.05) is 26.1 Å². The smallest absolute Gasteiger partial charge is 0.168 e. The Labute approximate surface area is 189 Å². The molecule has 3 N–H and O–H groups in total. The van der Waals surface area contributed by atoms with Crippen molar-refractivity contribution in [1.82, 2.24) is 4.98 Å². The van der Waals surface area contributed by atoms with Crippen LogP contribution < -0.4 is 10.5 Å². The Bertz CT molecular complexity index is 1320. The van der Waals surface area contributed by atoms with E-state index in [1.165, 1.54) is 11.3 Å². The third-order valence-electron chi connectivity index (χ3n) is 6.17. The number of hydrogen-bond acceptors (Lipinski definition) is 7. The third-order valence-corrected chi connectivity index (χ3v) is 10.7. The summed E-state index contributed by atoms with van der Waals surface area (Å²) in [6.45, 7) is 2.19. The minimum absolute atomic E-state index is 0.0566. The molecule has 164 valence electrons. The zero-order valence-electron chi connectivity index (χ0n) is 17.1. The quantitative estimate of drug-likeness (QED) is 0.595. The van der Waals surface area contributed by atoms with Gasteiger partial charge in [0.1, 0.15) is 17.1 Å². The molecule has 1 aromatic carbocycles. The lowest BCUT2D eigenvalue weighted by Gasteiger charge is -2.38. The van der Waals surface area contributed by atoms with E-state index in [2.05, 4.69) is 9.98 Å². The number of nitrogens with one attached hydrogen (secondary N) is 1. The second kappa shape index (κ2) is 6.96. The largest absolute Gasteiger partial charge is 0.495 e.